The average molecular weight is 427 g/mol. The number of nitrogens with two attached hydrogens (primary N) is 1. The number of ether oxygens (including phenoxy) is 1. The molecule has 0 amide bonds. The van der Waals surface area contributed by atoms with Crippen LogP contribution >= 0.6 is 15.9 Å². The Kier molecular flexibility index (Phi) is 7.43. The Morgan fingerprint density at radius 3 is 2.40 bits per heavy atom. The molecule has 5 nitrogen and oxygen atoms in total. The Hall–Kier alpha value is -1.41. The number of primary sulfonamides is 1. The minimum atomic E-state index is -3.62. The number of nitrogens with one attached hydrogen (secondary N) is 1. The first-order chi connectivity index (χ1) is 11.9. The standard InChI is InChI=1S/C18H23BrN2O3S/c1-2-11-24-18-8-5-15(12-17(18)19)13-21-10-9-14-3-6-16(7-4-14)25(20,22)23/h3-8,12,21H,2,9-11,13H2,1H3,(H2,20,22,23). The molecule has 0 aromatic heterocycles. The molecular formula is C18H23BrN2O3S. The van der Waals surface area contributed by atoms with Gasteiger partial charge in [-0.2, -0.15) is 0 Å². The minimum Gasteiger partial charge on any atom is -0.492 e. The molecule has 0 aliphatic rings. The van der Waals surface area contributed by atoms with Crippen molar-refractivity contribution in [3.05, 3.63) is 58.1 Å². The number of benzene rings is 2. The normalized spacial score (nSPS) is 11.5. The smallest absolute Gasteiger partial charge is 0.238 e. The minimum absolute atomic E-state index is 0.138. The summed E-state index contributed by atoms with van der Waals surface area (Å²) >= 11 is 3.53. The molecule has 2 rings (SSSR count). The SMILES string of the molecule is CCCOc1ccc(CNCCc2ccc(S(N)(=O)=O)cc2)cc1Br. The summed E-state index contributed by atoms with van der Waals surface area (Å²) < 4.78 is 29.0. The molecule has 0 radical (unpaired) electrons. The maximum atomic E-state index is 11.2. The van der Waals surface area contributed by atoms with Crippen molar-refractivity contribution in [2.75, 3.05) is 13.2 Å². The molecule has 25 heavy (non-hydrogen) atoms. The molecule has 2 aromatic rings. The second kappa shape index (κ2) is 9.33. The van der Waals surface area contributed by atoms with Gasteiger partial charge in [0.15, 0.2) is 0 Å². The van der Waals surface area contributed by atoms with Crippen molar-refractivity contribution in [1.29, 1.82) is 0 Å². The van der Waals surface area contributed by atoms with Crippen molar-refractivity contribution in [3.8, 4) is 5.75 Å². The van der Waals surface area contributed by atoms with Gasteiger partial charge in [-0.1, -0.05) is 25.1 Å². The third-order valence-corrected chi connectivity index (χ3v) is 5.18. The zero-order chi connectivity index (χ0) is 18.3. The van der Waals surface area contributed by atoms with Gasteiger partial charge >= 0.3 is 0 Å². The van der Waals surface area contributed by atoms with E-state index in [0.717, 1.165) is 41.7 Å². The third kappa shape index (κ3) is 6.43. The van der Waals surface area contributed by atoms with Gasteiger partial charge in [0.05, 0.1) is 16.0 Å². The fourth-order valence-corrected chi connectivity index (χ4v) is 3.35. The van der Waals surface area contributed by atoms with Gasteiger partial charge in [-0.15, -0.1) is 0 Å². The second-order valence-electron chi connectivity index (χ2n) is 5.73. The monoisotopic (exact) mass is 426 g/mol. The van der Waals surface area contributed by atoms with Crippen LogP contribution in [0.1, 0.15) is 24.5 Å². The summed E-state index contributed by atoms with van der Waals surface area (Å²) in [5.41, 5.74) is 2.23. The summed E-state index contributed by atoms with van der Waals surface area (Å²) in [6.45, 7) is 4.33. The maximum Gasteiger partial charge on any atom is 0.238 e. The Morgan fingerprint density at radius 1 is 1.12 bits per heavy atom. The van der Waals surface area contributed by atoms with E-state index >= 15 is 0 Å². The van der Waals surface area contributed by atoms with Crippen LogP contribution in [0.5, 0.6) is 5.75 Å². The van der Waals surface area contributed by atoms with Crippen LogP contribution in [0.15, 0.2) is 51.8 Å². The first-order valence-electron chi connectivity index (χ1n) is 8.14. The van der Waals surface area contributed by atoms with Gasteiger partial charge in [0.1, 0.15) is 5.75 Å². The summed E-state index contributed by atoms with van der Waals surface area (Å²) in [6, 6.07) is 12.7. The van der Waals surface area contributed by atoms with Crippen molar-refractivity contribution in [2.45, 2.75) is 31.2 Å². The molecule has 0 saturated heterocycles. The Bertz CT molecular complexity index is 792. The molecule has 2 aromatic carbocycles. The number of hydrogen-bond donors (Lipinski definition) is 2. The molecule has 0 fully saturated rings. The van der Waals surface area contributed by atoms with Crippen LogP contribution in [0.25, 0.3) is 0 Å². The van der Waals surface area contributed by atoms with Crippen LogP contribution in [-0.2, 0) is 23.0 Å². The lowest BCUT2D eigenvalue weighted by Gasteiger charge is -2.10. The highest BCUT2D eigenvalue weighted by molar-refractivity contribution is 9.10. The van der Waals surface area contributed by atoms with Crippen LogP contribution in [0.2, 0.25) is 0 Å². The fraction of sp³-hybridized carbons (Fsp3) is 0.333. The topological polar surface area (TPSA) is 81.4 Å². The molecule has 0 heterocycles. The average Bonchev–Trinajstić information content (AvgIpc) is 2.57. The van der Waals surface area contributed by atoms with Gasteiger partial charge in [-0.25, -0.2) is 13.6 Å². The maximum absolute atomic E-state index is 11.2. The zero-order valence-corrected chi connectivity index (χ0v) is 16.6. The van der Waals surface area contributed by atoms with E-state index in [-0.39, 0.29) is 4.90 Å². The van der Waals surface area contributed by atoms with Gasteiger partial charge < -0.3 is 10.1 Å². The summed E-state index contributed by atoms with van der Waals surface area (Å²) in [6.07, 6.45) is 1.79. The molecule has 0 atom stereocenters. The quantitative estimate of drug-likeness (QED) is 0.603. The first-order valence-corrected chi connectivity index (χ1v) is 10.5. The van der Waals surface area contributed by atoms with Gasteiger partial charge in [-0.3, -0.25) is 0 Å². The van der Waals surface area contributed by atoms with E-state index in [1.54, 1.807) is 12.1 Å². The van der Waals surface area contributed by atoms with Gasteiger partial charge in [0, 0.05) is 6.54 Å². The van der Waals surface area contributed by atoms with Crippen LogP contribution in [0, 0.1) is 0 Å². The molecule has 0 bridgehead atoms. The lowest BCUT2D eigenvalue weighted by molar-refractivity contribution is 0.315. The predicted octanol–water partition coefficient (Wildman–Crippen LogP) is 3.22. The van der Waals surface area contributed by atoms with Crippen molar-refractivity contribution in [3.63, 3.8) is 0 Å². The molecule has 0 unspecified atom stereocenters. The van der Waals surface area contributed by atoms with Crippen LogP contribution in [-0.4, -0.2) is 21.6 Å². The number of halogens is 1. The molecular weight excluding hydrogens is 404 g/mol. The fourth-order valence-electron chi connectivity index (χ4n) is 2.29. The third-order valence-electron chi connectivity index (χ3n) is 3.63. The van der Waals surface area contributed by atoms with Crippen molar-refractivity contribution in [2.24, 2.45) is 5.14 Å². The van der Waals surface area contributed by atoms with Gasteiger partial charge in [-0.05, 0) is 70.7 Å². The van der Waals surface area contributed by atoms with Crippen LogP contribution in [0.4, 0.5) is 0 Å². The van der Waals surface area contributed by atoms with Crippen molar-refractivity contribution < 1.29 is 13.2 Å². The van der Waals surface area contributed by atoms with Crippen molar-refractivity contribution >= 4 is 26.0 Å². The van der Waals surface area contributed by atoms with E-state index in [1.165, 1.54) is 17.7 Å². The van der Waals surface area contributed by atoms with E-state index in [2.05, 4.69) is 34.2 Å². The summed E-state index contributed by atoms with van der Waals surface area (Å²) in [5, 5.41) is 8.47. The van der Waals surface area contributed by atoms with Crippen LogP contribution < -0.4 is 15.2 Å². The Labute approximate surface area is 157 Å². The molecule has 0 saturated carbocycles. The lowest BCUT2D eigenvalue weighted by Crippen LogP contribution is -2.17. The summed E-state index contributed by atoms with van der Waals surface area (Å²) in [7, 11) is -3.62. The Balaban J connectivity index is 1.80. The van der Waals surface area contributed by atoms with Gasteiger partial charge in [0.2, 0.25) is 10.0 Å². The highest BCUT2D eigenvalue weighted by atomic mass is 79.9. The van der Waals surface area contributed by atoms with Crippen molar-refractivity contribution in [1.82, 2.24) is 5.32 Å². The summed E-state index contributed by atoms with van der Waals surface area (Å²) in [4.78, 5) is 0.138. The number of hydrogen-bond acceptors (Lipinski definition) is 4. The Morgan fingerprint density at radius 2 is 1.80 bits per heavy atom. The number of rotatable bonds is 9. The van der Waals surface area contributed by atoms with Crippen LogP contribution in [0.3, 0.4) is 0 Å². The molecule has 136 valence electrons. The number of sulfonamides is 1. The van der Waals surface area contributed by atoms with E-state index < -0.39 is 10.0 Å². The van der Waals surface area contributed by atoms with E-state index in [9.17, 15) is 8.42 Å². The largest absolute Gasteiger partial charge is 0.492 e. The van der Waals surface area contributed by atoms with E-state index in [4.69, 9.17) is 9.88 Å². The lowest BCUT2D eigenvalue weighted by atomic mass is 10.1. The van der Waals surface area contributed by atoms with Gasteiger partial charge in [0.25, 0.3) is 0 Å². The highest BCUT2D eigenvalue weighted by Gasteiger charge is 2.06. The molecule has 3 N–H and O–H groups in total. The first kappa shape index (κ1) is 19.9. The second-order valence-corrected chi connectivity index (χ2v) is 8.14. The molecule has 7 heteroatoms. The highest BCUT2D eigenvalue weighted by Crippen LogP contribution is 2.26. The van der Waals surface area contributed by atoms with E-state index in [1.807, 2.05) is 12.1 Å². The van der Waals surface area contributed by atoms with E-state index in [0.29, 0.717) is 6.61 Å². The molecule has 0 spiro atoms. The molecule has 0 aliphatic heterocycles. The summed E-state index contributed by atoms with van der Waals surface area (Å²) in [5.74, 6) is 0.862. The molecule has 0 aliphatic carbocycles. The predicted molar refractivity (Wildman–Crippen MR) is 103 cm³/mol. The zero-order valence-electron chi connectivity index (χ0n) is 14.2.